The molecule has 2 heterocycles. The smallest absolute Gasteiger partial charge is 0.259 e. The fourth-order valence-corrected chi connectivity index (χ4v) is 3.00. The topological polar surface area (TPSA) is 58.8 Å². The minimum Gasteiger partial charge on any atom is -0.492 e. The van der Waals surface area contributed by atoms with Gasteiger partial charge in [-0.1, -0.05) is 30.3 Å². The lowest BCUT2D eigenvalue weighted by atomic mass is 10.1. The summed E-state index contributed by atoms with van der Waals surface area (Å²) < 4.78 is 11.0. The van der Waals surface area contributed by atoms with Crippen LogP contribution in [0.25, 0.3) is 0 Å². The molecule has 0 unspecified atom stereocenters. The first-order valence-electron chi connectivity index (χ1n) is 8.91. The van der Waals surface area contributed by atoms with Crippen molar-refractivity contribution in [2.45, 2.75) is 19.8 Å². The van der Waals surface area contributed by atoms with E-state index < -0.39 is 0 Å². The van der Waals surface area contributed by atoms with E-state index in [9.17, 15) is 4.79 Å². The van der Waals surface area contributed by atoms with Gasteiger partial charge in [0.05, 0.1) is 6.20 Å². The van der Waals surface area contributed by atoms with E-state index in [2.05, 4.69) is 17.0 Å². The summed E-state index contributed by atoms with van der Waals surface area (Å²) in [5, 5.41) is 3.79. The normalized spacial score (nSPS) is 15.3. The summed E-state index contributed by atoms with van der Waals surface area (Å²) in [5.74, 6) is 1.63. The molecule has 1 aromatic heterocycles. The monoisotopic (exact) mass is 343 g/mol. The summed E-state index contributed by atoms with van der Waals surface area (Å²) in [6, 6.07) is 9.84. The van der Waals surface area contributed by atoms with Gasteiger partial charge >= 0.3 is 0 Å². The number of aryl methyl sites for hydroxylation is 1. The van der Waals surface area contributed by atoms with Crippen LogP contribution in [0, 0.1) is 0 Å². The van der Waals surface area contributed by atoms with Crippen LogP contribution < -0.4 is 4.74 Å². The number of hydrogen-bond donors (Lipinski definition) is 0. The Morgan fingerprint density at radius 3 is 2.68 bits per heavy atom. The Hall–Kier alpha value is -2.34. The van der Waals surface area contributed by atoms with Crippen molar-refractivity contribution in [3.8, 4) is 5.75 Å². The number of nitrogens with zero attached hydrogens (tertiary/aromatic N) is 3. The Morgan fingerprint density at radius 1 is 1.20 bits per heavy atom. The summed E-state index contributed by atoms with van der Waals surface area (Å²) in [4.78, 5) is 16.9. The minimum atomic E-state index is 0.0323. The SMILES string of the molecule is CCCc1oncc1C(=O)N1CCN(CCOc2ccccc2)CC1. The minimum absolute atomic E-state index is 0.0323. The van der Waals surface area contributed by atoms with Crippen LogP contribution in [0.2, 0.25) is 0 Å². The molecular formula is C19H25N3O3. The van der Waals surface area contributed by atoms with Gasteiger partial charge in [0.1, 0.15) is 23.7 Å². The van der Waals surface area contributed by atoms with Gasteiger partial charge in [-0.2, -0.15) is 0 Å². The number of rotatable bonds is 7. The molecule has 0 atom stereocenters. The number of benzene rings is 1. The first-order chi connectivity index (χ1) is 12.3. The van der Waals surface area contributed by atoms with Crippen molar-refractivity contribution in [3.05, 3.63) is 47.9 Å². The van der Waals surface area contributed by atoms with Crippen molar-refractivity contribution >= 4 is 5.91 Å². The van der Waals surface area contributed by atoms with Gasteiger partial charge < -0.3 is 14.2 Å². The fraction of sp³-hybridized carbons (Fsp3) is 0.474. The van der Waals surface area contributed by atoms with Crippen LogP contribution in [0.4, 0.5) is 0 Å². The molecule has 3 rings (SSSR count). The van der Waals surface area contributed by atoms with Gasteiger partial charge in [0.15, 0.2) is 0 Å². The molecule has 1 saturated heterocycles. The molecule has 1 aliphatic heterocycles. The summed E-state index contributed by atoms with van der Waals surface area (Å²) in [7, 11) is 0. The lowest BCUT2D eigenvalue weighted by molar-refractivity contribution is 0.0618. The van der Waals surface area contributed by atoms with Crippen molar-refractivity contribution in [2.24, 2.45) is 0 Å². The Kier molecular flexibility index (Phi) is 6.06. The lowest BCUT2D eigenvalue weighted by Gasteiger charge is -2.34. The van der Waals surface area contributed by atoms with Gasteiger partial charge in [0.2, 0.25) is 0 Å². The van der Waals surface area contributed by atoms with Crippen molar-refractivity contribution in [2.75, 3.05) is 39.3 Å². The van der Waals surface area contributed by atoms with Gasteiger partial charge in [0.25, 0.3) is 5.91 Å². The first kappa shape index (κ1) is 17.5. The predicted molar refractivity (Wildman–Crippen MR) is 94.8 cm³/mol. The molecule has 134 valence electrons. The molecule has 0 N–H and O–H groups in total. The van der Waals surface area contributed by atoms with E-state index in [0.29, 0.717) is 17.9 Å². The number of piperazine rings is 1. The molecule has 0 radical (unpaired) electrons. The number of para-hydroxylation sites is 1. The van der Waals surface area contributed by atoms with E-state index in [1.165, 1.54) is 0 Å². The van der Waals surface area contributed by atoms with Crippen LogP contribution in [0.5, 0.6) is 5.75 Å². The zero-order chi connectivity index (χ0) is 17.5. The highest BCUT2D eigenvalue weighted by atomic mass is 16.5. The average Bonchev–Trinajstić information content (AvgIpc) is 3.11. The van der Waals surface area contributed by atoms with Gasteiger partial charge in [-0.05, 0) is 18.6 Å². The lowest BCUT2D eigenvalue weighted by Crippen LogP contribution is -2.49. The Morgan fingerprint density at radius 2 is 1.96 bits per heavy atom. The van der Waals surface area contributed by atoms with Crippen LogP contribution in [-0.4, -0.2) is 60.2 Å². The van der Waals surface area contributed by atoms with Crippen LogP contribution in [-0.2, 0) is 6.42 Å². The van der Waals surface area contributed by atoms with E-state index in [1.807, 2.05) is 35.2 Å². The maximum atomic E-state index is 12.6. The first-order valence-corrected chi connectivity index (χ1v) is 8.91. The predicted octanol–water partition coefficient (Wildman–Crippen LogP) is 2.46. The second-order valence-electron chi connectivity index (χ2n) is 6.21. The van der Waals surface area contributed by atoms with Crippen LogP contribution in [0.3, 0.4) is 0 Å². The second-order valence-corrected chi connectivity index (χ2v) is 6.21. The Balaban J connectivity index is 1.43. The number of carbonyl (C=O) groups is 1. The third-order valence-electron chi connectivity index (χ3n) is 4.43. The molecule has 1 fully saturated rings. The van der Waals surface area contributed by atoms with Crippen molar-refractivity contribution in [1.82, 2.24) is 15.0 Å². The van der Waals surface area contributed by atoms with Crippen molar-refractivity contribution in [3.63, 3.8) is 0 Å². The zero-order valence-corrected chi connectivity index (χ0v) is 14.7. The van der Waals surface area contributed by atoms with E-state index in [0.717, 1.165) is 51.3 Å². The highest BCUT2D eigenvalue weighted by molar-refractivity contribution is 5.94. The average molecular weight is 343 g/mol. The van der Waals surface area contributed by atoms with E-state index >= 15 is 0 Å². The molecule has 25 heavy (non-hydrogen) atoms. The molecule has 0 bridgehead atoms. The molecule has 0 aliphatic carbocycles. The second kappa shape index (κ2) is 8.67. The maximum Gasteiger partial charge on any atom is 0.259 e. The number of hydrogen-bond acceptors (Lipinski definition) is 5. The van der Waals surface area contributed by atoms with Crippen LogP contribution in [0.1, 0.15) is 29.5 Å². The number of carbonyl (C=O) groups excluding carboxylic acids is 1. The summed E-state index contributed by atoms with van der Waals surface area (Å²) in [5.41, 5.74) is 0.614. The summed E-state index contributed by atoms with van der Waals surface area (Å²) >= 11 is 0. The molecule has 0 spiro atoms. The highest BCUT2D eigenvalue weighted by Crippen LogP contribution is 2.15. The largest absolute Gasteiger partial charge is 0.492 e. The van der Waals surface area contributed by atoms with Gasteiger partial charge in [-0.15, -0.1) is 0 Å². The summed E-state index contributed by atoms with van der Waals surface area (Å²) in [6.45, 7) is 6.75. The van der Waals surface area contributed by atoms with Gasteiger partial charge in [-0.3, -0.25) is 9.69 Å². The maximum absolute atomic E-state index is 12.6. The van der Waals surface area contributed by atoms with Crippen molar-refractivity contribution in [1.29, 1.82) is 0 Å². The molecule has 0 saturated carbocycles. The Labute approximate surface area is 148 Å². The summed E-state index contributed by atoms with van der Waals surface area (Å²) in [6.07, 6.45) is 3.23. The third-order valence-corrected chi connectivity index (χ3v) is 4.43. The zero-order valence-electron chi connectivity index (χ0n) is 14.7. The van der Waals surface area contributed by atoms with Crippen molar-refractivity contribution < 1.29 is 14.1 Å². The molecule has 2 aromatic rings. The molecule has 1 aliphatic rings. The number of ether oxygens (including phenoxy) is 1. The number of aromatic nitrogens is 1. The quantitative estimate of drug-likeness (QED) is 0.773. The Bertz CT molecular complexity index is 664. The van der Waals surface area contributed by atoms with E-state index in [-0.39, 0.29) is 5.91 Å². The van der Waals surface area contributed by atoms with Gasteiger partial charge in [-0.25, -0.2) is 0 Å². The van der Waals surface area contributed by atoms with E-state index in [1.54, 1.807) is 6.20 Å². The van der Waals surface area contributed by atoms with Crippen LogP contribution >= 0.6 is 0 Å². The molecule has 1 amide bonds. The molecule has 6 nitrogen and oxygen atoms in total. The van der Waals surface area contributed by atoms with Gasteiger partial charge in [0, 0.05) is 39.1 Å². The fourth-order valence-electron chi connectivity index (χ4n) is 3.00. The standard InChI is InChI=1S/C19H25N3O3/c1-2-6-18-17(15-20-25-18)19(23)22-11-9-21(10-12-22)13-14-24-16-7-4-3-5-8-16/h3-5,7-8,15H,2,6,9-14H2,1H3. The molecular weight excluding hydrogens is 318 g/mol. The number of amides is 1. The van der Waals surface area contributed by atoms with Crippen LogP contribution in [0.15, 0.2) is 41.1 Å². The highest BCUT2D eigenvalue weighted by Gasteiger charge is 2.25. The molecule has 6 heteroatoms. The van der Waals surface area contributed by atoms with E-state index in [4.69, 9.17) is 9.26 Å². The third kappa shape index (κ3) is 4.60. The molecule has 1 aromatic carbocycles.